The van der Waals surface area contributed by atoms with Gasteiger partial charge in [-0.25, -0.2) is 0 Å². The quantitative estimate of drug-likeness (QED) is 0.480. The molecule has 0 saturated carbocycles. The molecule has 0 aromatic carbocycles. The Morgan fingerprint density at radius 3 is 2.18 bits per heavy atom. The van der Waals surface area contributed by atoms with Crippen LogP contribution in [-0.4, -0.2) is 126 Å². The zero-order valence-electron chi connectivity index (χ0n) is 19.2. The van der Waals surface area contributed by atoms with Gasteiger partial charge in [0.15, 0.2) is 0 Å². The van der Waals surface area contributed by atoms with Crippen LogP contribution in [-0.2, 0) is 14.3 Å². The van der Waals surface area contributed by atoms with Crippen molar-refractivity contribution in [3.8, 4) is 0 Å². The molecule has 0 spiro atoms. The van der Waals surface area contributed by atoms with E-state index in [1.807, 2.05) is 11.9 Å². The van der Waals surface area contributed by atoms with Crippen LogP contribution in [0.3, 0.4) is 0 Å². The van der Waals surface area contributed by atoms with E-state index in [1.54, 1.807) is 14.0 Å². The number of amides is 1. The number of ether oxygens (including phenoxy) is 2. The molecule has 0 unspecified atom stereocenters. The van der Waals surface area contributed by atoms with E-state index < -0.39 is 0 Å². The fourth-order valence-electron chi connectivity index (χ4n) is 2.31. The van der Waals surface area contributed by atoms with Gasteiger partial charge in [0.1, 0.15) is 0 Å². The summed E-state index contributed by atoms with van der Waals surface area (Å²) in [5.74, 6) is 0.186. The highest BCUT2D eigenvalue weighted by Crippen LogP contribution is 2.01. The lowest BCUT2D eigenvalue weighted by atomic mass is 10.3. The molecule has 0 atom stereocenters. The number of piperazine rings is 1. The average Bonchev–Trinajstić information content (AvgIpc) is 2.69. The number of nitrogens with one attached hydrogen (secondary N) is 1. The number of aliphatic hydroxyl groups excluding tert-OH is 1. The van der Waals surface area contributed by atoms with E-state index in [0.717, 1.165) is 59.0 Å². The lowest BCUT2D eigenvalue weighted by Crippen LogP contribution is -2.48. The van der Waals surface area contributed by atoms with Crippen molar-refractivity contribution in [1.82, 2.24) is 20.0 Å². The Hall–Kier alpha value is -0.770. The predicted molar refractivity (Wildman–Crippen MR) is 116 cm³/mol. The Kier molecular flexibility index (Phi) is 23.7. The first kappa shape index (κ1) is 29.4. The van der Waals surface area contributed by atoms with Crippen molar-refractivity contribution >= 4 is 5.91 Å². The van der Waals surface area contributed by atoms with E-state index >= 15 is 0 Å². The minimum absolute atomic E-state index is 0.111. The van der Waals surface area contributed by atoms with Crippen molar-refractivity contribution < 1.29 is 19.4 Å². The number of carbonyl (C=O) groups excluding carboxylic acids is 1. The van der Waals surface area contributed by atoms with Gasteiger partial charge in [-0.15, -0.1) is 0 Å². The molecular weight excluding hydrogens is 360 g/mol. The smallest absolute Gasteiger partial charge is 0.219 e. The SMILES string of the molecule is CCC.CNCCN(C)CCOCCO.COCCN1CCN(C(C)=O)CC1. The van der Waals surface area contributed by atoms with Gasteiger partial charge < -0.3 is 29.7 Å². The summed E-state index contributed by atoms with van der Waals surface area (Å²) >= 11 is 0. The molecule has 1 aliphatic rings. The monoisotopic (exact) mass is 406 g/mol. The number of methoxy groups -OCH3 is 1. The number of rotatable bonds is 11. The summed E-state index contributed by atoms with van der Waals surface area (Å²) in [5, 5.41) is 11.5. The Morgan fingerprint density at radius 1 is 1.11 bits per heavy atom. The second kappa shape index (κ2) is 22.5. The summed E-state index contributed by atoms with van der Waals surface area (Å²) in [6.45, 7) is 15.5. The van der Waals surface area contributed by atoms with E-state index in [4.69, 9.17) is 14.6 Å². The highest BCUT2D eigenvalue weighted by atomic mass is 16.5. The molecule has 1 fully saturated rings. The standard InChI is InChI=1S/C9H18N2O2.C8H20N2O2.C3H8/c1-9(12)11-5-3-10(4-6-11)7-8-13-2;1-9-3-4-10(2)5-7-12-8-6-11;1-3-2/h3-8H2,1-2H3;9,11H,3-8H2,1-2H3;3H2,1-2H3. The first-order chi connectivity index (χ1) is 13.5. The van der Waals surface area contributed by atoms with Crippen molar-refractivity contribution in [1.29, 1.82) is 0 Å². The van der Waals surface area contributed by atoms with Gasteiger partial charge in [-0.3, -0.25) is 9.69 Å². The van der Waals surface area contributed by atoms with Crippen LogP contribution < -0.4 is 5.32 Å². The van der Waals surface area contributed by atoms with Crippen molar-refractivity contribution in [2.75, 3.05) is 100.0 Å². The largest absolute Gasteiger partial charge is 0.394 e. The summed E-state index contributed by atoms with van der Waals surface area (Å²) in [5.41, 5.74) is 0. The van der Waals surface area contributed by atoms with Crippen LogP contribution in [0.15, 0.2) is 0 Å². The van der Waals surface area contributed by atoms with Crippen molar-refractivity contribution in [3.05, 3.63) is 0 Å². The summed E-state index contributed by atoms with van der Waals surface area (Å²) in [7, 11) is 5.71. The third-order valence-corrected chi connectivity index (χ3v) is 4.03. The zero-order chi connectivity index (χ0) is 21.6. The Morgan fingerprint density at radius 2 is 1.71 bits per heavy atom. The fourth-order valence-corrected chi connectivity index (χ4v) is 2.31. The lowest BCUT2D eigenvalue weighted by Gasteiger charge is -2.33. The van der Waals surface area contributed by atoms with Gasteiger partial charge in [0.2, 0.25) is 5.91 Å². The third-order valence-electron chi connectivity index (χ3n) is 4.03. The molecule has 1 aliphatic heterocycles. The van der Waals surface area contributed by atoms with Gasteiger partial charge in [0.25, 0.3) is 0 Å². The molecule has 8 heteroatoms. The number of hydrogen-bond acceptors (Lipinski definition) is 7. The number of carbonyl (C=O) groups is 1. The second-order valence-corrected chi connectivity index (χ2v) is 6.79. The van der Waals surface area contributed by atoms with Gasteiger partial charge in [-0.1, -0.05) is 20.3 Å². The van der Waals surface area contributed by atoms with Crippen LogP contribution in [0, 0.1) is 0 Å². The molecule has 1 rings (SSSR count). The Balaban J connectivity index is 0. The van der Waals surface area contributed by atoms with Gasteiger partial charge >= 0.3 is 0 Å². The van der Waals surface area contributed by atoms with E-state index in [9.17, 15) is 4.79 Å². The van der Waals surface area contributed by atoms with Gasteiger partial charge in [0.05, 0.1) is 26.4 Å². The molecule has 1 saturated heterocycles. The van der Waals surface area contributed by atoms with E-state index in [0.29, 0.717) is 13.2 Å². The maximum absolute atomic E-state index is 11.0. The molecule has 1 heterocycles. The molecule has 0 aromatic rings. The first-order valence-electron chi connectivity index (χ1n) is 10.4. The Bertz CT molecular complexity index is 327. The predicted octanol–water partition coefficient (Wildman–Crippen LogP) is 0.360. The maximum Gasteiger partial charge on any atom is 0.219 e. The number of likely N-dealkylation sites (N-methyl/N-ethyl adjacent to an activating group) is 2. The first-order valence-corrected chi connectivity index (χ1v) is 10.4. The average molecular weight is 407 g/mol. The van der Waals surface area contributed by atoms with Crippen LogP contribution in [0.5, 0.6) is 0 Å². The zero-order valence-corrected chi connectivity index (χ0v) is 19.2. The van der Waals surface area contributed by atoms with Gasteiger partial charge in [-0.05, 0) is 14.1 Å². The van der Waals surface area contributed by atoms with Gasteiger partial charge in [-0.2, -0.15) is 0 Å². The van der Waals surface area contributed by atoms with Gasteiger partial charge in [0, 0.05) is 66.4 Å². The van der Waals surface area contributed by atoms with Crippen molar-refractivity contribution in [3.63, 3.8) is 0 Å². The summed E-state index contributed by atoms with van der Waals surface area (Å²) in [6.07, 6.45) is 1.25. The summed E-state index contributed by atoms with van der Waals surface area (Å²) < 4.78 is 10.1. The van der Waals surface area contributed by atoms with E-state index in [1.165, 1.54) is 6.42 Å². The summed E-state index contributed by atoms with van der Waals surface area (Å²) in [4.78, 5) is 17.4. The highest BCUT2D eigenvalue weighted by molar-refractivity contribution is 5.73. The molecule has 170 valence electrons. The molecule has 0 bridgehead atoms. The molecule has 1 amide bonds. The molecule has 0 radical (unpaired) electrons. The lowest BCUT2D eigenvalue weighted by molar-refractivity contribution is -0.130. The molecule has 0 aliphatic carbocycles. The topological polar surface area (TPSA) is 77.5 Å². The normalized spacial score (nSPS) is 14.2. The van der Waals surface area contributed by atoms with Crippen molar-refractivity contribution in [2.24, 2.45) is 0 Å². The molecule has 8 nitrogen and oxygen atoms in total. The highest BCUT2D eigenvalue weighted by Gasteiger charge is 2.17. The number of aliphatic hydroxyl groups is 1. The molecule has 28 heavy (non-hydrogen) atoms. The Labute approximate surface area is 173 Å². The number of nitrogens with zero attached hydrogens (tertiary/aromatic N) is 3. The maximum atomic E-state index is 11.0. The van der Waals surface area contributed by atoms with Crippen LogP contribution in [0.1, 0.15) is 27.2 Å². The minimum Gasteiger partial charge on any atom is -0.394 e. The van der Waals surface area contributed by atoms with Crippen LogP contribution in [0.25, 0.3) is 0 Å². The van der Waals surface area contributed by atoms with Crippen LogP contribution in [0.4, 0.5) is 0 Å². The van der Waals surface area contributed by atoms with Crippen molar-refractivity contribution in [2.45, 2.75) is 27.2 Å². The molecule has 0 aromatic heterocycles. The van der Waals surface area contributed by atoms with Crippen LogP contribution in [0.2, 0.25) is 0 Å². The number of hydrogen-bond donors (Lipinski definition) is 2. The van der Waals surface area contributed by atoms with Crippen LogP contribution >= 0.6 is 0 Å². The molecule has 2 N–H and O–H groups in total. The minimum atomic E-state index is 0.111. The van der Waals surface area contributed by atoms with E-state index in [2.05, 4.69) is 36.0 Å². The third kappa shape index (κ3) is 20.0. The van der Waals surface area contributed by atoms with E-state index in [-0.39, 0.29) is 12.5 Å². The fraction of sp³-hybridized carbons (Fsp3) is 0.950. The summed E-state index contributed by atoms with van der Waals surface area (Å²) in [6, 6.07) is 0. The molecular formula is C20H46N4O4. The second-order valence-electron chi connectivity index (χ2n) is 6.79.